The second-order valence-corrected chi connectivity index (χ2v) is 17.7. The largest absolute Gasteiger partial charge is 0.505 e. The van der Waals surface area contributed by atoms with Gasteiger partial charge in [0, 0.05) is 23.6 Å². The fourth-order valence-corrected chi connectivity index (χ4v) is 7.98. The van der Waals surface area contributed by atoms with Crippen molar-refractivity contribution in [2.45, 2.75) is 21.6 Å². The van der Waals surface area contributed by atoms with Gasteiger partial charge in [-0.15, -0.1) is 30.7 Å². The molecular formula is C38H35N9O17S3. The average molecular weight is 986 g/mol. The fraction of sp³-hybridized carbons (Fsp3) is 0.158. The molecule has 0 bridgehead atoms. The maximum Gasteiger partial charge on any atom is 0.296 e. The molecule has 26 nitrogen and oxygen atoms in total. The van der Waals surface area contributed by atoms with Crippen LogP contribution in [0.15, 0.2) is 118 Å². The van der Waals surface area contributed by atoms with Gasteiger partial charge in [0.15, 0.2) is 17.1 Å². The number of aromatic nitrogens is 2. The van der Waals surface area contributed by atoms with Crippen LogP contribution in [-0.2, 0) is 30.4 Å². The third-order valence-electron chi connectivity index (χ3n) is 8.98. The monoisotopic (exact) mass is 985 g/mol. The Morgan fingerprint density at radius 1 is 0.657 bits per heavy atom. The van der Waals surface area contributed by atoms with Crippen molar-refractivity contribution in [3.05, 3.63) is 84.1 Å². The molecule has 6 aromatic rings. The molecule has 352 valence electrons. The summed E-state index contributed by atoms with van der Waals surface area (Å²) in [7, 11) is -13.6. The molecule has 0 saturated heterocycles. The number of methoxy groups -OCH3 is 1. The number of nitrogens with two attached hydrogens (primary N) is 1. The summed E-state index contributed by atoms with van der Waals surface area (Å²) >= 11 is 0. The summed E-state index contributed by atoms with van der Waals surface area (Å²) in [6, 6.07) is 14.0. The van der Waals surface area contributed by atoms with Crippen LogP contribution in [0.25, 0.3) is 16.5 Å². The number of benzene rings is 5. The number of ether oxygens (including phenoxy) is 3. The number of aliphatic hydroxyl groups excluding tert-OH is 2. The number of amides is 1. The van der Waals surface area contributed by atoms with Crippen LogP contribution in [0.3, 0.4) is 0 Å². The van der Waals surface area contributed by atoms with E-state index in [1.54, 1.807) is 6.92 Å². The molecule has 0 fully saturated rings. The van der Waals surface area contributed by atoms with E-state index in [2.05, 4.69) is 35.8 Å². The number of rotatable bonds is 18. The van der Waals surface area contributed by atoms with Crippen LogP contribution >= 0.6 is 0 Å². The summed E-state index contributed by atoms with van der Waals surface area (Å²) in [5.41, 5.74) is 2.52. The molecule has 0 aliphatic rings. The third-order valence-corrected chi connectivity index (χ3v) is 11.6. The van der Waals surface area contributed by atoms with Gasteiger partial charge in [-0.05, 0) is 66.4 Å². The molecule has 1 amide bonds. The quantitative estimate of drug-likeness (QED) is 0.0384. The summed E-state index contributed by atoms with van der Waals surface area (Å²) in [5.74, 6) is -3.31. The molecule has 0 atom stereocenters. The topological polar surface area (TPSA) is 407 Å². The van der Waals surface area contributed by atoms with Gasteiger partial charge in [0.2, 0.25) is 5.88 Å². The van der Waals surface area contributed by atoms with Gasteiger partial charge in [0.05, 0.1) is 26.0 Å². The standard InChI is InChI=1S/C38H35N9O17S3/c1-19-3-7-24(30(13-19)65(53,54)55)41-45-35-34(37(39)51)46-47(38(35)52)21-4-6-23-20(14-21)15-32(67(59,60)61)33(36(23)50)44-43-27-18-28(63-11-9-48)26(17-29(27)64-12-10-49)42-40-25-8-5-22(62-2)16-31(25)66(56,57)58/h3-8,13-18,48-50,52H,9-12H2,1-2H3,(H2,39,51)(H,53,54,55)(H,56,57,58)(H,59,60,61)/b42-40+,44-43+,45-41+. The van der Waals surface area contributed by atoms with Gasteiger partial charge in [-0.3, -0.25) is 18.5 Å². The van der Waals surface area contributed by atoms with Crippen LogP contribution in [0.1, 0.15) is 16.1 Å². The second kappa shape index (κ2) is 19.5. The van der Waals surface area contributed by atoms with Crippen molar-refractivity contribution >= 4 is 81.2 Å². The zero-order chi connectivity index (χ0) is 49.0. The Hall–Kier alpha value is -7.51. The van der Waals surface area contributed by atoms with E-state index < -0.39 is 92.9 Å². The molecule has 0 spiro atoms. The molecule has 0 radical (unpaired) electrons. The number of phenols is 1. The number of nitrogens with zero attached hydrogens (tertiary/aromatic N) is 8. The van der Waals surface area contributed by atoms with Gasteiger partial charge < -0.3 is 40.4 Å². The summed E-state index contributed by atoms with van der Waals surface area (Å²) in [4.78, 5) is 10.1. The number of hydrogen-bond acceptors (Lipinski definition) is 21. The van der Waals surface area contributed by atoms with Gasteiger partial charge in [-0.2, -0.15) is 35.0 Å². The number of primary amides is 1. The number of carbonyl (C=O) groups is 1. The molecule has 0 unspecified atom stereocenters. The molecule has 6 rings (SSSR count). The van der Waals surface area contributed by atoms with E-state index in [1.165, 1.54) is 43.5 Å². The maximum atomic E-state index is 12.8. The second-order valence-electron chi connectivity index (χ2n) is 13.5. The summed E-state index contributed by atoms with van der Waals surface area (Å²) < 4.78 is 120. The van der Waals surface area contributed by atoms with Crippen LogP contribution in [0.2, 0.25) is 0 Å². The van der Waals surface area contributed by atoms with Crippen LogP contribution < -0.4 is 19.9 Å². The number of phenolic OH excluding ortho intramolecular Hbond substituents is 1. The number of hydrogen-bond donors (Lipinski definition) is 8. The minimum atomic E-state index is -5.25. The Balaban J connectivity index is 1.44. The first kappa shape index (κ1) is 48.9. The summed E-state index contributed by atoms with van der Waals surface area (Å²) in [5, 5.41) is 68.7. The highest BCUT2D eigenvalue weighted by atomic mass is 32.2. The zero-order valence-electron chi connectivity index (χ0n) is 34.3. The van der Waals surface area contributed by atoms with E-state index in [4.69, 9.17) is 19.9 Å². The SMILES string of the molecule is COc1ccc(/N=N/c2cc(OCCO)c(/N=N/c3c(S(=O)(=O)O)cc4cc(-n5nc(C(N)=O)c(/N=N/c6ccc(C)cc6S(=O)(=O)O)c5O)ccc4c3O)cc2OCCO)c(S(=O)(=O)O)c1. The lowest BCUT2D eigenvalue weighted by Crippen LogP contribution is -2.12. The molecule has 0 aliphatic carbocycles. The Morgan fingerprint density at radius 3 is 1.73 bits per heavy atom. The average Bonchev–Trinajstić information content (AvgIpc) is 3.60. The molecule has 9 N–H and O–H groups in total. The van der Waals surface area contributed by atoms with Crippen molar-refractivity contribution in [2.24, 2.45) is 36.4 Å². The van der Waals surface area contributed by atoms with E-state index in [-0.39, 0.29) is 69.7 Å². The first-order valence-electron chi connectivity index (χ1n) is 18.6. The minimum Gasteiger partial charge on any atom is -0.505 e. The highest BCUT2D eigenvalue weighted by Crippen LogP contribution is 2.46. The normalized spacial score (nSPS) is 12.5. The predicted molar refractivity (Wildman–Crippen MR) is 231 cm³/mol. The molecule has 67 heavy (non-hydrogen) atoms. The van der Waals surface area contributed by atoms with Crippen molar-refractivity contribution in [3.8, 4) is 34.6 Å². The fourth-order valence-electron chi connectivity index (χ4n) is 5.98. The maximum absolute atomic E-state index is 12.8. The first-order chi connectivity index (χ1) is 31.5. The first-order valence-corrected chi connectivity index (χ1v) is 22.9. The van der Waals surface area contributed by atoms with Crippen molar-refractivity contribution in [3.63, 3.8) is 0 Å². The summed E-state index contributed by atoms with van der Waals surface area (Å²) in [6.45, 7) is -0.204. The number of aryl methyl sites for hydroxylation is 1. The highest BCUT2D eigenvalue weighted by Gasteiger charge is 2.27. The lowest BCUT2D eigenvalue weighted by molar-refractivity contribution is 0.0995. The number of carbonyl (C=O) groups excluding carboxylic acids is 1. The van der Waals surface area contributed by atoms with E-state index in [0.717, 1.165) is 41.1 Å². The Kier molecular flexibility index (Phi) is 14.3. The molecule has 0 aliphatic heterocycles. The van der Waals surface area contributed by atoms with Crippen LogP contribution in [0.5, 0.6) is 28.9 Å². The molecule has 0 saturated carbocycles. The Morgan fingerprint density at radius 2 is 1.18 bits per heavy atom. The number of aliphatic hydroxyl groups is 2. The van der Waals surface area contributed by atoms with Gasteiger partial charge in [-0.25, -0.2) is 0 Å². The van der Waals surface area contributed by atoms with Crippen molar-refractivity contribution in [2.75, 3.05) is 33.5 Å². The zero-order valence-corrected chi connectivity index (χ0v) is 36.8. The van der Waals surface area contributed by atoms with Gasteiger partial charge in [0.25, 0.3) is 36.3 Å². The lowest BCUT2D eigenvalue weighted by atomic mass is 10.1. The Labute approximate surface area is 378 Å². The predicted octanol–water partition coefficient (Wildman–Crippen LogP) is 5.58. The minimum absolute atomic E-state index is 0.0685. The van der Waals surface area contributed by atoms with Gasteiger partial charge in [-0.1, -0.05) is 6.07 Å². The Bertz CT molecular complexity index is 3380. The van der Waals surface area contributed by atoms with Crippen LogP contribution in [-0.4, -0.2) is 109 Å². The molecule has 1 aromatic heterocycles. The van der Waals surface area contributed by atoms with E-state index in [1.807, 2.05) is 0 Å². The molecule has 1 heterocycles. The van der Waals surface area contributed by atoms with Gasteiger partial charge in [0.1, 0.15) is 73.6 Å². The number of aromatic hydroxyl groups is 2. The lowest BCUT2D eigenvalue weighted by Gasteiger charge is -2.13. The smallest absolute Gasteiger partial charge is 0.296 e. The third kappa shape index (κ3) is 11.0. The summed E-state index contributed by atoms with van der Waals surface area (Å²) in [6.07, 6.45) is 0. The molecule has 29 heteroatoms. The van der Waals surface area contributed by atoms with Crippen molar-refractivity contribution in [1.29, 1.82) is 0 Å². The van der Waals surface area contributed by atoms with E-state index >= 15 is 0 Å². The van der Waals surface area contributed by atoms with Crippen LogP contribution in [0, 0.1) is 6.92 Å². The van der Waals surface area contributed by atoms with E-state index in [9.17, 15) is 64.1 Å². The van der Waals surface area contributed by atoms with E-state index in [0.29, 0.717) is 5.56 Å². The molecular weight excluding hydrogens is 951 g/mol. The number of azo groups is 3. The van der Waals surface area contributed by atoms with Crippen molar-refractivity contribution in [1.82, 2.24) is 9.78 Å². The van der Waals surface area contributed by atoms with Crippen LogP contribution in [0.4, 0.5) is 34.1 Å². The molecule has 5 aromatic carbocycles. The van der Waals surface area contributed by atoms with Gasteiger partial charge >= 0.3 is 0 Å². The highest BCUT2D eigenvalue weighted by molar-refractivity contribution is 7.86. The van der Waals surface area contributed by atoms with Crippen molar-refractivity contribution < 1.29 is 78.3 Å². The number of fused-ring (bicyclic) bond motifs is 1.